The van der Waals surface area contributed by atoms with Gasteiger partial charge in [-0.15, -0.1) is 5.10 Å². The summed E-state index contributed by atoms with van der Waals surface area (Å²) >= 11 is 0. The van der Waals surface area contributed by atoms with Gasteiger partial charge in [-0.05, 0) is 31.0 Å². The first-order chi connectivity index (χ1) is 11.1. The van der Waals surface area contributed by atoms with Crippen LogP contribution in [0.25, 0.3) is 0 Å². The summed E-state index contributed by atoms with van der Waals surface area (Å²) in [4.78, 5) is 0. The summed E-state index contributed by atoms with van der Waals surface area (Å²) in [7, 11) is 0. The number of benzene rings is 1. The van der Waals surface area contributed by atoms with Gasteiger partial charge in [0.2, 0.25) is 5.90 Å². The minimum atomic E-state index is 0.486. The molecule has 5 heteroatoms. The first-order valence-electron chi connectivity index (χ1n) is 7.45. The zero-order valence-corrected chi connectivity index (χ0v) is 13.7. The Morgan fingerprint density at radius 2 is 2.09 bits per heavy atom. The Balaban J connectivity index is 2.05. The van der Waals surface area contributed by atoms with Crippen LogP contribution in [0.5, 0.6) is 0 Å². The molecule has 5 nitrogen and oxygen atoms in total. The Morgan fingerprint density at radius 3 is 2.74 bits per heavy atom. The fourth-order valence-electron chi connectivity index (χ4n) is 1.91. The fourth-order valence-corrected chi connectivity index (χ4v) is 1.91. The van der Waals surface area contributed by atoms with E-state index < -0.39 is 0 Å². The Labute approximate surface area is 136 Å². The van der Waals surface area contributed by atoms with Gasteiger partial charge in [-0.1, -0.05) is 37.6 Å². The minimum absolute atomic E-state index is 0.486. The number of aryl methyl sites for hydroxylation is 1. The van der Waals surface area contributed by atoms with Crippen molar-refractivity contribution in [1.82, 2.24) is 9.78 Å². The molecule has 1 aromatic carbocycles. The van der Waals surface area contributed by atoms with Gasteiger partial charge in [0.1, 0.15) is 12.3 Å². The van der Waals surface area contributed by atoms with Crippen molar-refractivity contribution in [3.8, 4) is 12.5 Å². The van der Waals surface area contributed by atoms with Crippen LogP contribution in [0, 0.1) is 19.4 Å². The summed E-state index contributed by atoms with van der Waals surface area (Å²) in [5.41, 5.74) is 3.72. The van der Waals surface area contributed by atoms with Gasteiger partial charge in [0.25, 0.3) is 0 Å². The summed E-state index contributed by atoms with van der Waals surface area (Å²) in [6.45, 7) is 6.36. The van der Waals surface area contributed by atoms with E-state index in [0.717, 1.165) is 5.56 Å². The second-order valence-corrected chi connectivity index (χ2v) is 5.02. The first-order valence-corrected chi connectivity index (χ1v) is 7.45. The number of rotatable bonds is 5. The predicted octanol–water partition coefficient (Wildman–Crippen LogP) is 3.38. The number of hydrogen-bond donors (Lipinski definition) is 0. The van der Waals surface area contributed by atoms with Crippen LogP contribution >= 0.6 is 0 Å². The van der Waals surface area contributed by atoms with E-state index in [1.165, 1.54) is 10.2 Å². The van der Waals surface area contributed by atoms with Crippen LogP contribution in [-0.2, 0) is 11.3 Å². The molecule has 0 aliphatic heterocycles. The average Bonchev–Trinajstić information content (AvgIpc) is 3.05. The van der Waals surface area contributed by atoms with E-state index in [0.29, 0.717) is 30.3 Å². The van der Waals surface area contributed by atoms with Crippen LogP contribution in [-0.4, -0.2) is 21.4 Å². The van der Waals surface area contributed by atoms with Crippen LogP contribution in [0.2, 0.25) is 0 Å². The van der Waals surface area contributed by atoms with Gasteiger partial charge in [-0.2, -0.15) is 14.9 Å². The Morgan fingerprint density at radius 1 is 1.30 bits per heavy atom. The summed E-state index contributed by atoms with van der Waals surface area (Å²) in [6, 6.07) is 12.3. The molecule has 0 amide bonds. The number of ether oxygens (including phenoxy) is 1. The van der Waals surface area contributed by atoms with Crippen LogP contribution in [0.15, 0.2) is 46.7 Å². The summed E-state index contributed by atoms with van der Waals surface area (Å²) in [5, 5.41) is 12.5. The SMILES string of the molecule is C#Cn1ccc(C(C)=N/N=C(/CC)OCc2ccccc2C)n1. The predicted molar refractivity (Wildman–Crippen MR) is 92.4 cm³/mol. The molecule has 1 heterocycles. The first kappa shape index (κ1) is 16.5. The van der Waals surface area contributed by atoms with Crippen LogP contribution in [0.1, 0.15) is 37.1 Å². The van der Waals surface area contributed by atoms with Gasteiger partial charge in [-0.25, -0.2) is 0 Å². The molecule has 0 unspecified atom stereocenters. The lowest BCUT2D eigenvalue weighted by Crippen LogP contribution is -2.05. The Hall–Kier alpha value is -2.87. The maximum absolute atomic E-state index is 5.76. The summed E-state index contributed by atoms with van der Waals surface area (Å²) in [6.07, 6.45) is 7.65. The maximum atomic E-state index is 5.76. The molecule has 2 rings (SSSR count). The quantitative estimate of drug-likeness (QED) is 0.368. The lowest BCUT2D eigenvalue weighted by atomic mass is 10.1. The van der Waals surface area contributed by atoms with Crippen molar-refractivity contribution >= 4 is 11.6 Å². The van der Waals surface area contributed by atoms with E-state index in [1.54, 1.807) is 12.3 Å². The molecule has 0 radical (unpaired) electrons. The molecule has 118 valence electrons. The van der Waals surface area contributed by atoms with E-state index in [9.17, 15) is 0 Å². The third-order valence-corrected chi connectivity index (χ3v) is 3.36. The molecule has 0 saturated heterocycles. The van der Waals surface area contributed by atoms with Gasteiger partial charge < -0.3 is 4.74 Å². The smallest absolute Gasteiger partial charge is 0.208 e. The third-order valence-electron chi connectivity index (χ3n) is 3.36. The van der Waals surface area contributed by atoms with E-state index in [1.807, 2.05) is 32.0 Å². The van der Waals surface area contributed by atoms with Crippen molar-refractivity contribution in [1.29, 1.82) is 0 Å². The van der Waals surface area contributed by atoms with Gasteiger partial charge in [0, 0.05) is 18.7 Å². The zero-order chi connectivity index (χ0) is 16.7. The highest BCUT2D eigenvalue weighted by molar-refractivity contribution is 5.97. The van der Waals surface area contributed by atoms with Crippen molar-refractivity contribution in [2.24, 2.45) is 10.2 Å². The molecule has 0 saturated carbocycles. The van der Waals surface area contributed by atoms with Gasteiger partial charge >= 0.3 is 0 Å². The monoisotopic (exact) mass is 308 g/mol. The molecular weight excluding hydrogens is 288 g/mol. The van der Waals surface area contributed by atoms with Gasteiger partial charge in [-0.3, -0.25) is 0 Å². The van der Waals surface area contributed by atoms with Crippen molar-refractivity contribution < 1.29 is 4.74 Å². The van der Waals surface area contributed by atoms with Crippen LogP contribution in [0.3, 0.4) is 0 Å². The highest BCUT2D eigenvalue weighted by Crippen LogP contribution is 2.09. The Kier molecular flexibility index (Phi) is 5.70. The van der Waals surface area contributed by atoms with E-state index in [4.69, 9.17) is 11.2 Å². The standard InChI is InChI=1S/C18H20N4O/c1-5-18(23-13-16-10-8-7-9-14(16)3)20-19-15(4)17-11-12-22(6-2)21-17/h2,7-12H,5,13H2,1,3-4H3/b19-15?,20-18-. The van der Waals surface area contributed by atoms with Crippen LogP contribution in [0.4, 0.5) is 0 Å². The average molecular weight is 308 g/mol. The van der Waals surface area contributed by atoms with E-state index in [2.05, 4.69) is 34.3 Å². The molecule has 23 heavy (non-hydrogen) atoms. The van der Waals surface area contributed by atoms with Crippen molar-refractivity contribution in [3.05, 3.63) is 53.3 Å². The number of terminal acetylenes is 1. The second-order valence-electron chi connectivity index (χ2n) is 5.02. The summed E-state index contributed by atoms with van der Waals surface area (Å²) in [5.74, 6) is 0.587. The molecule has 0 aliphatic carbocycles. The van der Waals surface area contributed by atoms with Crippen molar-refractivity contribution in [3.63, 3.8) is 0 Å². The molecule has 0 spiro atoms. The number of aromatic nitrogens is 2. The van der Waals surface area contributed by atoms with Gasteiger partial charge in [0.15, 0.2) is 0 Å². The van der Waals surface area contributed by atoms with Crippen molar-refractivity contribution in [2.45, 2.75) is 33.8 Å². The molecule has 0 atom stereocenters. The third kappa shape index (κ3) is 4.55. The molecular formula is C18H20N4O. The lowest BCUT2D eigenvalue weighted by Gasteiger charge is -2.08. The molecule has 0 aliphatic rings. The second kappa shape index (κ2) is 7.95. The molecule has 0 bridgehead atoms. The van der Waals surface area contributed by atoms with E-state index in [-0.39, 0.29) is 0 Å². The molecule has 0 N–H and O–H groups in total. The molecule has 1 aromatic heterocycles. The number of nitrogens with zero attached hydrogens (tertiary/aromatic N) is 4. The minimum Gasteiger partial charge on any atom is -0.475 e. The number of hydrogen-bond acceptors (Lipinski definition) is 4. The maximum Gasteiger partial charge on any atom is 0.208 e. The topological polar surface area (TPSA) is 51.8 Å². The largest absolute Gasteiger partial charge is 0.475 e. The highest BCUT2D eigenvalue weighted by atomic mass is 16.5. The lowest BCUT2D eigenvalue weighted by molar-refractivity contribution is 0.283. The van der Waals surface area contributed by atoms with Crippen LogP contribution < -0.4 is 0 Å². The van der Waals surface area contributed by atoms with Gasteiger partial charge in [0.05, 0.1) is 5.71 Å². The highest BCUT2D eigenvalue weighted by Gasteiger charge is 2.04. The van der Waals surface area contributed by atoms with E-state index >= 15 is 0 Å². The molecule has 2 aromatic rings. The normalized spacial score (nSPS) is 12.1. The molecule has 0 fully saturated rings. The Bertz CT molecular complexity index is 765. The zero-order valence-electron chi connectivity index (χ0n) is 13.7. The van der Waals surface area contributed by atoms with Crippen molar-refractivity contribution in [2.75, 3.05) is 0 Å². The summed E-state index contributed by atoms with van der Waals surface area (Å²) < 4.78 is 7.15. The fraction of sp³-hybridized carbons (Fsp3) is 0.278.